The van der Waals surface area contributed by atoms with Gasteiger partial charge in [-0.25, -0.2) is 0 Å². The highest BCUT2D eigenvalue weighted by molar-refractivity contribution is 8.02. The molecule has 0 spiro atoms. The van der Waals surface area contributed by atoms with E-state index in [1.807, 2.05) is 11.8 Å². The number of hydrogen-bond acceptors (Lipinski definition) is 2. The van der Waals surface area contributed by atoms with Crippen LogP contribution < -0.4 is 0 Å². The molecule has 0 rings (SSSR count). The van der Waals surface area contributed by atoms with Crippen molar-refractivity contribution < 1.29 is 4.43 Å². The molecular weight excluding hydrogens is 220 g/mol. The molecule has 90 valence electrons. The molecule has 0 atom stereocenters. The summed E-state index contributed by atoms with van der Waals surface area (Å²) < 4.78 is 6.29. The van der Waals surface area contributed by atoms with E-state index < -0.39 is 8.32 Å². The third-order valence-electron chi connectivity index (χ3n) is 2.84. The molecule has 0 unspecified atom stereocenters. The Kier molecular flexibility index (Phi) is 5.48. The molecule has 0 heterocycles. The van der Waals surface area contributed by atoms with Crippen molar-refractivity contribution in [2.24, 2.45) is 0 Å². The highest BCUT2D eigenvalue weighted by Gasteiger charge is 2.39. The van der Waals surface area contributed by atoms with Crippen LogP contribution in [-0.2, 0) is 4.43 Å². The summed E-state index contributed by atoms with van der Waals surface area (Å²) in [7, 11) is -1.65. The van der Waals surface area contributed by atoms with Crippen LogP contribution in [0.5, 0.6) is 0 Å². The number of thioether (sulfide) groups is 1. The Labute approximate surface area is 101 Å². The summed E-state index contributed by atoms with van der Waals surface area (Å²) in [5, 5.41) is 1.42. The summed E-state index contributed by atoms with van der Waals surface area (Å²) >= 11 is 1.82. The van der Waals surface area contributed by atoms with Gasteiger partial charge >= 0.3 is 0 Å². The molecule has 3 heteroatoms. The molecule has 0 bridgehead atoms. The van der Waals surface area contributed by atoms with E-state index in [0.29, 0.717) is 0 Å². The standard InChI is InChI=1S/C12H26OSSi/c1-9-14-11(10(2)3)13-15(7,8)12(4,5)6/h9H2,1-8H3. The molecule has 0 radical (unpaired) electrons. The van der Waals surface area contributed by atoms with Crippen LogP contribution in [0.25, 0.3) is 0 Å². The lowest BCUT2D eigenvalue weighted by atomic mass is 10.2. The third-order valence-corrected chi connectivity index (χ3v) is 8.35. The van der Waals surface area contributed by atoms with Gasteiger partial charge in [0, 0.05) is 0 Å². The van der Waals surface area contributed by atoms with Gasteiger partial charge in [-0.05, 0) is 43.3 Å². The Morgan fingerprint density at radius 1 is 1.20 bits per heavy atom. The second kappa shape index (κ2) is 5.44. The van der Waals surface area contributed by atoms with Gasteiger partial charge < -0.3 is 4.43 Å². The van der Waals surface area contributed by atoms with Gasteiger partial charge in [0.2, 0.25) is 0 Å². The first-order valence-corrected chi connectivity index (χ1v) is 9.50. The average Bonchev–Trinajstić information content (AvgIpc) is 2.00. The van der Waals surface area contributed by atoms with Gasteiger partial charge in [-0.1, -0.05) is 39.5 Å². The average molecular weight is 246 g/mol. The minimum absolute atomic E-state index is 0.280. The lowest BCUT2D eigenvalue weighted by molar-refractivity contribution is 0.413. The van der Waals surface area contributed by atoms with E-state index in [1.165, 1.54) is 5.57 Å². The Morgan fingerprint density at radius 2 is 1.67 bits per heavy atom. The van der Waals surface area contributed by atoms with Gasteiger partial charge in [-0.3, -0.25) is 0 Å². The maximum absolute atomic E-state index is 6.29. The lowest BCUT2D eigenvalue weighted by Crippen LogP contribution is -2.40. The Bertz CT molecular complexity index is 234. The first kappa shape index (κ1) is 15.1. The zero-order valence-electron chi connectivity index (χ0n) is 11.5. The first-order valence-electron chi connectivity index (χ1n) is 5.61. The van der Waals surface area contributed by atoms with Crippen molar-refractivity contribution in [3.8, 4) is 0 Å². The molecule has 0 aliphatic heterocycles. The maximum Gasteiger partial charge on any atom is 0.251 e. The molecular formula is C12H26OSSi. The molecule has 0 aliphatic rings. The molecule has 15 heavy (non-hydrogen) atoms. The third kappa shape index (κ3) is 4.64. The Hall–Kier alpha value is 0.107. The van der Waals surface area contributed by atoms with E-state index in [-0.39, 0.29) is 5.04 Å². The predicted octanol–water partition coefficient (Wildman–Crippen LogP) is 5.01. The highest BCUT2D eigenvalue weighted by atomic mass is 32.2. The molecule has 0 aromatic rings. The number of hydrogen-bond donors (Lipinski definition) is 0. The minimum Gasteiger partial charge on any atom is -0.539 e. The summed E-state index contributed by atoms with van der Waals surface area (Å²) in [4.78, 5) is 0. The molecule has 0 saturated carbocycles. The van der Waals surface area contributed by atoms with E-state index in [1.54, 1.807) is 0 Å². The Morgan fingerprint density at radius 3 is 1.93 bits per heavy atom. The summed E-state index contributed by atoms with van der Waals surface area (Å²) in [6.07, 6.45) is 0. The monoisotopic (exact) mass is 246 g/mol. The molecule has 0 N–H and O–H groups in total. The molecule has 0 aromatic carbocycles. The van der Waals surface area contributed by atoms with Crippen LogP contribution in [0, 0.1) is 0 Å². The normalized spacial score (nSPS) is 12.5. The zero-order chi connectivity index (χ0) is 12.3. The van der Waals surface area contributed by atoms with Crippen molar-refractivity contribution in [1.29, 1.82) is 0 Å². The fourth-order valence-electron chi connectivity index (χ4n) is 0.792. The molecule has 0 saturated heterocycles. The molecule has 0 aliphatic carbocycles. The van der Waals surface area contributed by atoms with E-state index in [9.17, 15) is 0 Å². The van der Waals surface area contributed by atoms with Crippen LogP contribution in [0.15, 0.2) is 10.7 Å². The lowest BCUT2D eigenvalue weighted by Gasteiger charge is -2.37. The summed E-state index contributed by atoms with van der Waals surface area (Å²) in [5.74, 6) is 1.08. The van der Waals surface area contributed by atoms with Gasteiger partial charge in [-0.15, -0.1) is 0 Å². The van der Waals surface area contributed by atoms with Gasteiger partial charge in [0.05, 0.1) is 0 Å². The molecule has 0 aromatic heterocycles. The van der Waals surface area contributed by atoms with Crippen LogP contribution in [0.1, 0.15) is 41.5 Å². The van der Waals surface area contributed by atoms with Crippen molar-refractivity contribution in [3.05, 3.63) is 10.7 Å². The van der Waals surface area contributed by atoms with E-state index >= 15 is 0 Å². The van der Waals surface area contributed by atoms with Gasteiger partial charge in [0.1, 0.15) is 5.09 Å². The van der Waals surface area contributed by atoms with E-state index in [4.69, 9.17) is 4.43 Å². The smallest absolute Gasteiger partial charge is 0.251 e. The van der Waals surface area contributed by atoms with Gasteiger partial charge in [0.15, 0.2) is 0 Å². The highest BCUT2D eigenvalue weighted by Crippen LogP contribution is 2.40. The quantitative estimate of drug-likeness (QED) is 0.509. The SMILES string of the molecule is CCSC(O[Si](C)(C)C(C)(C)C)=C(C)C. The fraction of sp³-hybridized carbons (Fsp3) is 0.833. The second-order valence-electron chi connectivity index (χ2n) is 5.58. The van der Waals surface area contributed by atoms with Crippen LogP contribution in [0.2, 0.25) is 18.1 Å². The topological polar surface area (TPSA) is 9.23 Å². The van der Waals surface area contributed by atoms with Crippen molar-refractivity contribution in [3.63, 3.8) is 0 Å². The van der Waals surface area contributed by atoms with Crippen molar-refractivity contribution in [2.45, 2.75) is 59.7 Å². The summed E-state index contributed by atoms with van der Waals surface area (Å²) in [6.45, 7) is 17.9. The zero-order valence-corrected chi connectivity index (χ0v) is 13.3. The van der Waals surface area contributed by atoms with Crippen LogP contribution in [0.3, 0.4) is 0 Å². The first-order chi connectivity index (χ1) is 6.62. The predicted molar refractivity (Wildman–Crippen MR) is 74.8 cm³/mol. The van der Waals surface area contributed by atoms with Gasteiger partial charge in [0.25, 0.3) is 8.32 Å². The molecule has 0 fully saturated rings. The number of allylic oxidation sites excluding steroid dienone is 1. The summed E-state index contributed by atoms with van der Waals surface area (Å²) in [5.41, 5.74) is 1.30. The Balaban J connectivity index is 4.77. The molecule has 0 amide bonds. The van der Waals surface area contributed by atoms with Gasteiger partial charge in [-0.2, -0.15) is 0 Å². The van der Waals surface area contributed by atoms with Crippen LogP contribution in [0.4, 0.5) is 0 Å². The van der Waals surface area contributed by atoms with E-state index in [0.717, 1.165) is 10.8 Å². The van der Waals surface area contributed by atoms with Crippen molar-refractivity contribution >= 4 is 20.1 Å². The maximum atomic E-state index is 6.29. The van der Waals surface area contributed by atoms with E-state index in [2.05, 4.69) is 54.6 Å². The summed E-state index contributed by atoms with van der Waals surface area (Å²) in [6, 6.07) is 0. The molecule has 1 nitrogen and oxygen atoms in total. The fourth-order valence-corrected chi connectivity index (χ4v) is 3.18. The number of rotatable bonds is 4. The van der Waals surface area contributed by atoms with Crippen LogP contribution in [-0.4, -0.2) is 14.1 Å². The minimum atomic E-state index is -1.65. The largest absolute Gasteiger partial charge is 0.539 e. The van der Waals surface area contributed by atoms with Crippen molar-refractivity contribution in [2.75, 3.05) is 5.75 Å². The second-order valence-corrected chi connectivity index (χ2v) is 11.5. The van der Waals surface area contributed by atoms with Crippen LogP contribution >= 0.6 is 11.8 Å². The van der Waals surface area contributed by atoms with Crippen molar-refractivity contribution in [1.82, 2.24) is 0 Å².